The highest BCUT2D eigenvalue weighted by Crippen LogP contribution is 2.39. The Morgan fingerprint density at radius 3 is 2.08 bits per heavy atom. The van der Waals surface area contributed by atoms with Crippen LogP contribution in [0.25, 0.3) is 0 Å². The van der Waals surface area contributed by atoms with E-state index in [9.17, 15) is 19.2 Å². The molecule has 4 heteroatoms. The van der Waals surface area contributed by atoms with Crippen LogP contribution < -0.4 is 0 Å². The van der Waals surface area contributed by atoms with E-state index in [4.69, 9.17) is 0 Å². The molecule has 0 bridgehead atoms. The summed E-state index contributed by atoms with van der Waals surface area (Å²) in [6, 6.07) is 9.84. The highest BCUT2D eigenvalue weighted by atomic mass is 16.1. The summed E-state index contributed by atoms with van der Waals surface area (Å²) < 4.78 is 0. The highest BCUT2D eigenvalue weighted by molar-refractivity contribution is 6.01. The summed E-state index contributed by atoms with van der Waals surface area (Å²) in [7, 11) is 0. The lowest BCUT2D eigenvalue weighted by Gasteiger charge is -2.33. The molecule has 2 aromatic rings. The van der Waals surface area contributed by atoms with Crippen molar-refractivity contribution in [3.05, 3.63) is 69.3 Å². The Morgan fingerprint density at radius 1 is 0.950 bits per heavy atom. The number of rotatable bonds is 11. The number of carbonyl (C=O) groups excluding carboxylic acids is 4. The predicted molar refractivity (Wildman–Crippen MR) is 164 cm³/mol. The van der Waals surface area contributed by atoms with E-state index in [1.807, 2.05) is 31.2 Å². The maximum atomic E-state index is 13.2. The quantitative estimate of drug-likeness (QED) is 0.209. The summed E-state index contributed by atoms with van der Waals surface area (Å²) in [4.78, 5) is 48.2. The minimum atomic E-state index is -0.0744. The molecular formula is C36H50O4. The third kappa shape index (κ3) is 8.81. The molecule has 0 heterocycles. The van der Waals surface area contributed by atoms with Crippen molar-refractivity contribution in [2.75, 3.05) is 0 Å². The Balaban J connectivity index is 0.000000469. The van der Waals surface area contributed by atoms with Crippen LogP contribution in [-0.2, 0) is 16.0 Å². The first kappa shape index (κ1) is 33.3. The van der Waals surface area contributed by atoms with Crippen molar-refractivity contribution in [1.29, 1.82) is 0 Å². The van der Waals surface area contributed by atoms with Gasteiger partial charge in [-0.05, 0) is 93.9 Å². The lowest BCUT2D eigenvalue weighted by atomic mass is 9.70. The number of aryl methyl sites for hydroxylation is 2. The smallest absolute Gasteiger partial charge is 0.163 e. The van der Waals surface area contributed by atoms with E-state index in [0.29, 0.717) is 12.3 Å². The first-order valence-corrected chi connectivity index (χ1v) is 15.1. The van der Waals surface area contributed by atoms with Gasteiger partial charge in [0.25, 0.3) is 0 Å². The largest absolute Gasteiger partial charge is 0.300 e. The second-order valence-electron chi connectivity index (χ2n) is 12.2. The maximum Gasteiger partial charge on any atom is 0.163 e. The van der Waals surface area contributed by atoms with Crippen LogP contribution in [-0.4, -0.2) is 23.1 Å². The van der Waals surface area contributed by atoms with Crippen LogP contribution in [0.3, 0.4) is 0 Å². The summed E-state index contributed by atoms with van der Waals surface area (Å²) in [5.74, 6) is 1.26. The van der Waals surface area contributed by atoms with Gasteiger partial charge in [-0.1, -0.05) is 76.4 Å². The van der Waals surface area contributed by atoms with Gasteiger partial charge in [-0.2, -0.15) is 0 Å². The van der Waals surface area contributed by atoms with Crippen LogP contribution in [0, 0.1) is 38.5 Å². The van der Waals surface area contributed by atoms with E-state index in [0.717, 1.165) is 48.8 Å². The molecule has 0 aliphatic heterocycles. The van der Waals surface area contributed by atoms with Crippen molar-refractivity contribution >= 4 is 23.1 Å². The molecule has 1 aliphatic rings. The Bertz CT molecular complexity index is 1200. The van der Waals surface area contributed by atoms with Gasteiger partial charge in [0.05, 0.1) is 6.42 Å². The van der Waals surface area contributed by atoms with Gasteiger partial charge in [0.2, 0.25) is 0 Å². The molecule has 1 aliphatic carbocycles. The third-order valence-corrected chi connectivity index (χ3v) is 8.46. The van der Waals surface area contributed by atoms with Crippen molar-refractivity contribution in [3.63, 3.8) is 0 Å². The van der Waals surface area contributed by atoms with Gasteiger partial charge in [0.15, 0.2) is 11.6 Å². The van der Waals surface area contributed by atoms with Crippen LogP contribution in [0.5, 0.6) is 0 Å². The van der Waals surface area contributed by atoms with Crippen LogP contribution in [0.1, 0.15) is 135 Å². The van der Waals surface area contributed by atoms with Crippen molar-refractivity contribution in [2.45, 2.75) is 113 Å². The zero-order valence-electron chi connectivity index (χ0n) is 26.3. The van der Waals surface area contributed by atoms with Gasteiger partial charge in [0, 0.05) is 23.5 Å². The fraction of sp³-hybridized carbons (Fsp3) is 0.556. The van der Waals surface area contributed by atoms with Crippen LogP contribution in [0.15, 0.2) is 30.3 Å². The monoisotopic (exact) mass is 546 g/mol. The van der Waals surface area contributed by atoms with Gasteiger partial charge in [-0.25, -0.2) is 0 Å². The average molecular weight is 547 g/mol. The molecular weight excluding hydrogens is 496 g/mol. The molecule has 40 heavy (non-hydrogen) atoms. The Labute approximate surface area is 242 Å². The van der Waals surface area contributed by atoms with Gasteiger partial charge < -0.3 is 0 Å². The Kier molecular flexibility index (Phi) is 12.7. The molecule has 0 amide bonds. The maximum absolute atomic E-state index is 13.2. The molecule has 0 saturated carbocycles. The van der Waals surface area contributed by atoms with Gasteiger partial charge in [-0.3, -0.25) is 19.2 Å². The molecule has 0 saturated heterocycles. The van der Waals surface area contributed by atoms with E-state index < -0.39 is 0 Å². The third-order valence-electron chi connectivity index (χ3n) is 8.46. The summed E-state index contributed by atoms with van der Waals surface area (Å²) in [5.41, 5.74) is 7.81. The van der Waals surface area contributed by atoms with Crippen molar-refractivity contribution in [3.8, 4) is 0 Å². The average Bonchev–Trinajstić information content (AvgIpc) is 2.86. The molecule has 2 aromatic carbocycles. The second-order valence-corrected chi connectivity index (χ2v) is 12.2. The van der Waals surface area contributed by atoms with Crippen LogP contribution >= 0.6 is 0 Å². The fourth-order valence-electron chi connectivity index (χ4n) is 6.27. The summed E-state index contributed by atoms with van der Waals surface area (Å²) >= 11 is 0. The predicted octanol–water partition coefficient (Wildman–Crippen LogP) is 8.75. The van der Waals surface area contributed by atoms with Gasteiger partial charge in [0.1, 0.15) is 11.6 Å². The summed E-state index contributed by atoms with van der Waals surface area (Å²) in [6.07, 6.45) is 5.20. The van der Waals surface area contributed by atoms with E-state index >= 15 is 0 Å². The molecule has 3 unspecified atom stereocenters. The molecule has 0 aromatic heterocycles. The molecule has 218 valence electrons. The molecule has 0 spiro atoms. The van der Waals surface area contributed by atoms with E-state index in [2.05, 4.69) is 47.6 Å². The number of benzene rings is 2. The fourth-order valence-corrected chi connectivity index (χ4v) is 6.27. The SMILES string of the molecule is CC(=O)c1ccc(C)cc1.CCCC(CC1CC(=O)c2c(C)c(C)cc(C(C)C)c2C1)C(CC)C(=O)CC(C)=O. The van der Waals surface area contributed by atoms with Crippen molar-refractivity contribution in [2.24, 2.45) is 17.8 Å². The van der Waals surface area contributed by atoms with Gasteiger partial charge in [-0.15, -0.1) is 0 Å². The number of hydrogen-bond acceptors (Lipinski definition) is 4. The molecule has 3 rings (SSSR count). The lowest BCUT2D eigenvalue weighted by Crippen LogP contribution is -2.30. The van der Waals surface area contributed by atoms with E-state index in [-0.39, 0.29) is 47.3 Å². The second kappa shape index (κ2) is 15.2. The minimum absolute atomic E-state index is 0.0428. The van der Waals surface area contributed by atoms with E-state index in [1.54, 1.807) is 6.92 Å². The standard InChI is InChI=1S/C27H40O3.C9H10O/c1-8-10-21(22(9-2)25(29)12-18(6)28)13-20-14-24-23(16(3)4)11-17(5)19(7)27(24)26(30)15-20;1-7-3-5-9(6-4-7)8(2)10/h11,16,20-22H,8-10,12-15H2,1-7H3;3-6H,1-2H3. The van der Waals surface area contributed by atoms with Crippen molar-refractivity contribution in [1.82, 2.24) is 0 Å². The highest BCUT2D eigenvalue weighted by Gasteiger charge is 2.34. The summed E-state index contributed by atoms with van der Waals surface area (Å²) in [6.45, 7) is 17.9. The van der Waals surface area contributed by atoms with Gasteiger partial charge >= 0.3 is 0 Å². The Morgan fingerprint density at radius 2 is 1.57 bits per heavy atom. The topological polar surface area (TPSA) is 68.3 Å². The van der Waals surface area contributed by atoms with Crippen LogP contribution in [0.2, 0.25) is 0 Å². The number of Topliss-reactive ketones (excluding diaryl/α,β-unsaturated/α-hetero) is 4. The normalized spacial score (nSPS) is 16.1. The first-order valence-electron chi connectivity index (χ1n) is 15.1. The van der Waals surface area contributed by atoms with E-state index in [1.165, 1.54) is 29.2 Å². The minimum Gasteiger partial charge on any atom is -0.300 e. The first-order chi connectivity index (χ1) is 18.8. The molecule has 4 nitrogen and oxygen atoms in total. The number of hydrogen-bond donors (Lipinski definition) is 0. The Hall–Kier alpha value is -2.88. The lowest BCUT2D eigenvalue weighted by molar-refractivity contribution is -0.129. The molecule has 3 atom stereocenters. The number of fused-ring (bicyclic) bond motifs is 1. The zero-order valence-corrected chi connectivity index (χ0v) is 26.3. The zero-order chi connectivity index (χ0) is 30.1. The molecule has 0 N–H and O–H groups in total. The number of ketones is 4. The van der Waals surface area contributed by atoms with Crippen molar-refractivity contribution < 1.29 is 19.2 Å². The summed E-state index contributed by atoms with van der Waals surface area (Å²) in [5, 5.41) is 0. The molecule has 0 fully saturated rings. The molecule has 0 radical (unpaired) electrons. The number of carbonyl (C=O) groups is 4. The van der Waals surface area contributed by atoms with Crippen LogP contribution in [0.4, 0.5) is 0 Å².